The van der Waals surface area contributed by atoms with E-state index in [1.54, 1.807) is 25.7 Å². The predicted molar refractivity (Wildman–Crippen MR) is 82.6 cm³/mol. The molecule has 0 radical (unpaired) electrons. The maximum Gasteiger partial charge on any atom is 0.142 e. The highest BCUT2D eigenvalue weighted by molar-refractivity contribution is 5.58. The second kappa shape index (κ2) is 7.59. The molecule has 1 aromatic carbocycles. The number of nitrogens with zero attached hydrogens (tertiary/aromatic N) is 2. The summed E-state index contributed by atoms with van der Waals surface area (Å²) in [5.41, 5.74) is 2.98. The third kappa shape index (κ3) is 4.43. The van der Waals surface area contributed by atoms with E-state index in [0.717, 1.165) is 22.7 Å². The molecule has 5 heteroatoms. The van der Waals surface area contributed by atoms with Crippen molar-refractivity contribution >= 4 is 5.69 Å². The van der Waals surface area contributed by atoms with Gasteiger partial charge in [-0.1, -0.05) is 6.07 Å². The Morgan fingerprint density at radius 1 is 1.24 bits per heavy atom. The maximum atomic E-state index is 5.77. The molecule has 112 valence electrons. The third-order valence-corrected chi connectivity index (χ3v) is 3.08. The molecule has 1 atom stereocenters. The van der Waals surface area contributed by atoms with Gasteiger partial charge in [-0.25, -0.2) is 0 Å². The minimum absolute atomic E-state index is 0.0474. The van der Waals surface area contributed by atoms with Crippen LogP contribution in [0.25, 0.3) is 0 Å². The maximum absolute atomic E-state index is 5.77. The van der Waals surface area contributed by atoms with Gasteiger partial charge < -0.3 is 14.8 Å². The van der Waals surface area contributed by atoms with Gasteiger partial charge in [0.05, 0.1) is 30.2 Å². The molecular weight excluding hydrogens is 266 g/mol. The number of hydrogen-bond acceptors (Lipinski definition) is 5. The van der Waals surface area contributed by atoms with Gasteiger partial charge in [0.2, 0.25) is 0 Å². The minimum Gasteiger partial charge on any atom is -0.489 e. The molecule has 0 aliphatic heterocycles. The Labute approximate surface area is 125 Å². The van der Waals surface area contributed by atoms with E-state index in [4.69, 9.17) is 9.47 Å². The first-order valence-electron chi connectivity index (χ1n) is 6.95. The largest absolute Gasteiger partial charge is 0.489 e. The number of aryl methyl sites for hydroxylation is 1. The summed E-state index contributed by atoms with van der Waals surface area (Å²) in [5, 5.41) is 3.41. The lowest BCUT2D eigenvalue weighted by atomic mass is 10.1. The second-order valence-corrected chi connectivity index (χ2v) is 4.84. The fraction of sp³-hybridized carbons (Fsp3) is 0.375. The van der Waals surface area contributed by atoms with Gasteiger partial charge in [0.1, 0.15) is 12.4 Å². The molecule has 0 amide bonds. The van der Waals surface area contributed by atoms with E-state index in [1.807, 2.05) is 26.0 Å². The fourth-order valence-electron chi connectivity index (χ4n) is 1.94. The number of anilines is 1. The summed E-state index contributed by atoms with van der Waals surface area (Å²) in [7, 11) is 1.66. The van der Waals surface area contributed by atoms with Crippen molar-refractivity contribution in [1.29, 1.82) is 0 Å². The Morgan fingerprint density at radius 2 is 2.10 bits per heavy atom. The summed E-state index contributed by atoms with van der Waals surface area (Å²) < 4.78 is 10.8. The Hall–Kier alpha value is -2.14. The van der Waals surface area contributed by atoms with Gasteiger partial charge >= 0.3 is 0 Å². The van der Waals surface area contributed by atoms with Crippen LogP contribution in [0, 0.1) is 6.92 Å². The first kappa shape index (κ1) is 15.3. The molecule has 0 spiro atoms. The summed E-state index contributed by atoms with van der Waals surface area (Å²) in [6.07, 6.45) is 5.12. The molecule has 0 fully saturated rings. The Balaban J connectivity index is 2.11. The van der Waals surface area contributed by atoms with Crippen LogP contribution in [-0.2, 0) is 4.74 Å². The molecule has 0 bridgehead atoms. The van der Waals surface area contributed by atoms with E-state index >= 15 is 0 Å². The molecule has 2 rings (SSSR count). The predicted octanol–water partition coefficient (Wildman–Crippen LogP) is 2.98. The molecule has 0 saturated heterocycles. The highest BCUT2D eigenvalue weighted by atomic mass is 16.5. The van der Waals surface area contributed by atoms with E-state index in [2.05, 4.69) is 21.4 Å². The van der Waals surface area contributed by atoms with Gasteiger partial charge in [0, 0.05) is 19.5 Å². The Bertz CT molecular complexity index is 561. The molecule has 1 unspecified atom stereocenters. The van der Waals surface area contributed by atoms with Crippen molar-refractivity contribution in [3.8, 4) is 5.75 Å². The molecule has 1 aromatic heterocycles. The average Bonchev–Trinajstić information content (AvgIpc) is 2.51. The number of benzene rings is 1. The monoisotopic (exact) mass is 287 g/mol. The molecule has 2 aromatic rings. The number of rotatable bonds is 7. The zero-order valence-corrected chi connectivity index (χ0v) is 12.7. The molecule has 1 N–H and O–H groups in total. The zero-order valence-electron chi connectivity index (χ0n) is 12.7. The van der Waals surface area contributed by atoms with Crippen molar-refractivity contribution in [2.75, 3.05) is 25.6 Å². The number of methoxy groups -OCH3 is 1. The Morgan fingerprint density at radius 3 is 2.81 bits per heavy atom. The topological polar surface area (TPSA) is 56.3 Å². The fourth-order valence-corrected chi connectivity index (χ4v) is 1.94. The first-order valence-corrected chi connectivity index (χ1v) is 6.95. The van der Waals surface area contributed by atoms with Crippen LogP contribution in [0.4, 0.5) is 5.69 Å². The lowest BCUT2D eigenvalue weighted by Gasteiger charge is -2.18. The van der Waals surface area contributed by atoms with Gasteiger partial charge in [0.15, 0.2) is 0 Å². The minimum atomic E-state index is 0.0474. The van der Waals surface area contributed by atoms with Crippen molar-refractivity contribution in [2.24, 2.45) is 0 Å². The van der Waals surface area contributed by atoms with Crippen molar-refractivity contribution in [3.05, 3.63) is 48.0 Å². The van der Waals surface area contributed by atoms with Crippen LogP contribution in [0.15, 0.2) is 36.8 Å². The molecule has 0 aliphatic carbocycles. The van der Waals surface area contributed by atoms with E-state index in [0.29, 0.717) is 13.2 Å². The van der Waals surface area contributed by atoms with Gasteiger partial charge in [-0.2, -0.15) is 0 Å². The van der Waals surface area contributed by atoms with Gasteiger partial charge in [-0.15, -0.1) is 0 Å². The lowest BCUT2D eigenvalue weighted by Crippen LogP contribution is -2.11. The summed E-state index contributed by atoms with van der Waals surface area (Å²) >= 11 is 0. The van der Waals surface area contributed by atoms with Crippen LogP contribution in [0.2, 0.25) is 0 Å². The van der Waals surface area contributed by atoms with Crippen molar-refractivity contribution in [1.82, 2.24) is 9.97 Å². The molecule has 1 heterocycles. The summed E-state index contributed by atoms with van der Waals surface area (Å²) in [6.45, 7) is 5.17. The number of ether oxygens (including phenoxy) is 2. The SMILES string of the molecule is COCCOc1cc(C)ccc1NC(C)c1cnccn1. The third-order valence-electron chi connectivity index (χ3n) is 3.08. The summed E-state index contributed by atoms with van der Waals surface area (Å²) in [4.78, 5) is 8.41. The number of aromatic nitrogens is 2. The molecule has 0 aliphatic rings. The van der Waals surface area contributed by atoms with Gasteiger partial charge in [-0.3, -0.25) is 9.97 Å². The highest BCUT2D eigenvalue weighted by Crippen LogP contribution is 2.28. The van der Waals surface area contributed by atoms with Crippen LogP contribution < -0.4 is 10.1 Å². The smallest absolute Gasteiger partial charge is 0.142 e. The van der Waals surface area contributed by atoms with Crippen LogP contribution >= 0.6 is 0 Å². The quantitative estimate of drug-likeness (QED) is 0.793. The van der Waals surface area contributed by atoms with E-state index in [9.17, 15) is 0 Å². The standard InChI is InChI=1S/C16H21N3O2/c1-12-4-5-14(16(10-12)21-9-8-20-3)19-13(2)15-11-17-6-7-18-15/h4-7,10-11,13,19H,8-9H2,1-3H3. The van der Waals surface area contributed by atoms with Crippen LogP contribution in [0.5, 0.6) is 5.75 Å². The molecular formula is C16H21N3O2. The summed E-state index contributed by atoms with van der Waals surface area (Å²) in [5.74, 6) is 0.822. The van der Waals surface area contributed by atoms with Crippen molar-refractivity contribution in [3.63, 3.8) is 0 Å². The average molecular weight is 287 g/mol. The van der Waals surface area contributed by atoms with Crippen LogP contribution in [-0.4, -0.2) is 30.3 Å². The van der Waals surface area contributed by atoms with E-state index < -0.39 is 0 Å². The number of nitrogens with one attached hydrogen (secondary N) is 1. The van der Waals surface area contributed by atoms with Crippen LogP contribution in [0.3, 0.4) is 0 Å². The lowest BCUT2D eigenvalue weighted by molar-refractivity contribution is 0.146. The van der Waals surface area contributed by atoms with Crippen molar-refractivity contribution < 1.29 is 9.47 Å². The number of hydrogen-bond donors (Lipinski definition) is 1. The zero-order chi connectivity index (χ0) is 15.1. The van der Waals surface area contributed by atoms with Gasteiger partial charge in [0.25, 0.3) is 0 Å². The molecule has 0 saturated carbocycles. The van der Waals surface area contributed by atoms with Gasteiger partial charge in [-0.05, 0) is 31.5 Å². The van der Waals surface area contributed by atoms with E-state index in [-0.39, 0.29) is 6.04 Å². The van der Waals surface area contributed by atoms with Crippen molar-refractivity contribution in [2.45, 2.75) is 19.9 Å². The van der Waals surface area contributed by atoms with E-state index in [1.165, 1.54) is 0 Å². The molecule has 21 heavy (non-hydrogen) atoms. The summed E-state index contributed by atoms with van der Waals surface area (Å²) in [6, 6.07) is 6.13. The Kier molecular flexibility index (Phi) is 5.51. The first-order chi connectivity index (χ1) is 10.2. The van der Waals surface area contributed by atoms with Crippen LogP contribution in [0.1, 0.15) is 24.2 Å². The normalized spacial score (nSPS) is 12.0. The second-order valence-electron chi connectivity index (χ2n) is 4.84. The molecule has 5 nitrogen and oxygen atoms in total. The highest BCUT2D eigenvalue weighted by Gasteiger charge is 2.10.